The van der Waals surface area contributed by atoms with Crippen molar-refractivity contribution in [3.8, 4) is 0 Å². The third-order valence-corrected chi connectivity index (χ3v) is 0.907. The van der Waals surface area contributed by atoms with Gasteiger partial charge in [-0.05, 0) is 0 Å². The second-order valence-corrected chi connectivity index (χ2v) is 2.24. The maximum absolute atomic E-state index is 9.55. The van der Waals surface area contributed by atoms with E-state index in [4.69, 9.17) is 4.89 Å². The van der Waals surface area contributed by atoms with Gasteiger partial charge in [-0.25, -0.2) is 0 Å². The minimum atomic E-state index is -2.12. The minimum absolute atomic E-state index is 0. The van der Waals surface area contributed by atoms with Gasteiger partial charge in [0.25, 0.3) is 0 Å². The van der Waals surface area contributed by atoms with E-state index in [0.717, 1.165) is 0 Å². The van der Waals surface area contributed by atoms with Gasteiger partial charge in [0.05, 0.1) is 0 Å². The van der Waals surface area contributed by atoms with Gasteiger partial charge in [-0.1, -0.05) is 6.92 Å². The molecule has 0 aromatic rings. The molecule has 0 aliphatic heterocycles. The van der Waals surface area contributed by atoms with Gasteiger partial charge in [0, 0.05) is 47.9 Å². The van der Waals surface area contributed by atoms with Gasteiger partial charge in [0.1, 0.15) is 0 Å². The fraction of sp³-hybridized carbons (Fsp3) is 1.00. The third kappa shape index (κ3) is 9.13. The summed E-state index contributed by atoms with van der Waals surface area (Å²) in [6.07, 6.45) is 0.407. The molecule has 0 aliphatic carbocycles. The van der Waals surface area contributed by atoms with E-state index in [9.17, 15) is 4.57 Å². The molecule has 0 bridgehead atoms. The molecule has 36 valence electrons. The Morgan fingerprint density at radius 1 is 1.83 bits per heavy atom. The molecule has 0 fully saturated rings. The van der Waals surface area contributed by atoms with Crippen molar-refractivity contribution in [1.29, 1.82) is 0 Å². The predicted molar refractivity (Wildman–Crippen MR) is 21.8 cm³/mol. The van der Waals surface area contributed by atoms with Gasteiger partial charge >= 0.3 is 0 Å². The summed E-state index contributed by atoms with van der Waals surface area (Å²) in [5.74, 6) is 0. The van der Waals surface area contributed by atoms with Crippen LogP contribution >= 0.6 is 8.03 Å². The van der Waals surface area contributed by atoms with Gasteiger partial charge < -0.3 is 4.89 Å². The maximum atomic E-state index is 9.55. The Bertz CT molecular complexity index is 46.8. The Labute approximate surface area is 71.6 Å². The second kappa shape index (κ2) is 6.57. The summed E-state index contributed by atoms with van der Waals surface area (Å²) in [7, 11) is -2.12. The standard InChI is InChI=1S/C2H7O2P.Ce/c1-2-5(3)4;/h5H,2H2,1H3,(H,3,4);. The number of rotatable bonds is 1. The van der Waals surface area contributed by atoms with E-state index in [1.807, 2.05) is 0 Å². The molecule has 0 amide bonds. The Morgan fingerprint density at radius 2 is 2.00 bits per heavy atom. The fourth-order valence-electron chi connectivity index (χ4n) is 0. The molecule has 0 heterocycles. The van der Waals surface area contributed by atoms with Crippen molar-refractivity contribution in [3.63, 3.8) is 0 Å². The van der Waals surface area contributed by atoms with Crippen LogP contribution in [-0.2, 0) is 4.57 Å². The molecule has 0 saturated carbocycles. The van der Waals surface area contributed by atoms with E-state index in [0.29, 0.717) is 6.16 Å². The summed E-state index contributed by atoms with van der Waals surface area (Å²) in [5.41, 5.74) is 0. The van der Waals surface area contributed by atoms with Gasteiger partial charge in [-0.3, -0.25) is 4.57 Å². The van der Waals surface area contributed by atoms with Gasteiger partial charge in [-0.2, -0.15) is 0 Å². The van der Waals surface area contributed by atoms with Crippen LogP contribution in [0.4, 0.5) is 0 Å². The maximum Gasteiger partial charge on any atom is 0.188 e. The number of hydrogen-bond donors (Lipinski definition) is 1. The van der Waals surface area contributed by atoms with Crippen LogP contribution < -0.4 is 0 Å². The summed E-state index contributed by atoms with van der Waals surface area (Å²) >= 11 is 0. The van der Waals surface area contributed by atoms with E-state index < -0.39 is 8.03 Å². The van der Waals surface area contributed by atoms with Gasteiger partial charge in [0.15, 0.2) is 8.03 Å². The molecule has 4 heteroatoms. The molecular weight excluding hydrogens is 227 g/mol. The third-order valence-electron chi connectivity index (χ3n) is 0.302. The number of hydrogen-bond acceptors (Lipinski definition) is 1. The molecule has 1 N–H and O–H groups in total. The largest absolute Gasteiger partial charge is 0.346 e. The van der Waals surface area contributed by atoms with Crippen molar-refractivity contribution in [3.05, 3.63) is 0 Å². The predicted octanol–water partition coefficient (Wildman–Crippen LogP) is 0.473. The molecule has 2 nitrogen and oxygen atoms in total. The zero-order valence-electron chi connectivity index (χ0n) is 3.56. The molecule has 1 unspecified atom stereocenters. The van der Waals surface area contributed by atoms with Crippen molar-refractivity contribution in [2.24, 2.45) is 0 Å². The monoisotopic (exact) mass is 234 g/mol. The average molecular weight is 234 g/mol. The summed E-state index contributed by atoms with van der Waals surface area (Å²) in [4.78, 5) is 7.91. The molecule has 0 saturated heterocycles. The van der Waals surface area contributed by atoms with E-state index >= 15 is 0 Å². The van der Waals surface area contributed by atoms with E-state index in [1.165, 1.54) is 0 Å². The van der Waals surface area contributed by atoms with Crippen LogP contribution in [0.1, 0.15) is 6.92 Å². The van der Waals surface area contributed by atoms with Crippen LogP contribution in [0.15, 0.2) is 0 Å². The Kier molecular flexibility index (Phi) is 11.5. The molecule has 0 aliphatic rings. The van der Waals surface area contributed by atoms with Crippen LogP contribution in [-0.4, -0.2) is 11.1 Å². The zero-order valence-corrected chi connectivity index (χ0v) is 7.70. The second-order valence-electron chi connectivity index (χ2n) is 0.747. The van der Waals surface area contributed by atoms with Crippen LogP contribution in [0.3, 0.4) is 0 Å². The van der Waals surface area contributed by atoms with Crippen LogP contribution in [0.2, 0.25) is 0 Å². The normalized spacial score (nSPS) is 12.3. The van der Waals surface area contributed by atoms with Crippen molar-refractivity contribution in [2.75, 3.05) is 6.16 Å². The first-order valence-corrected chi connectivity index (χ1v) is 3.05. The molecular formula is C2H7CeO2P. The van der Waals surface area contributed by atoms with E-state index in [-0.39, 0.29) is 41.7 Å². The zero-order chi connectivity index (χ0) is 4.28. The minimum Gasteiger partial charge on any atom is -0.346 e. The Hall–Kier alpha value is 1.57. The molecule has 6 heavy (non-hydrogen) atoms. The summed E-state index contributed by atoms with van der Waals surface area (Å²) in [6.45, 7) is 1.68. The smallest absolute Gasteiger partial charge is 0.188 e. The van der Waals surface area contributed by atoms with Crippen LogP contribution in [0.5, 0.6) is 0 Å². The SMILES string of the molecule is CC[PH](=O)O.[Ce]. The quantitative estimate of drug-likeness (QED) is 0.670. The molecule has 0 rings (SSSR count). The van der Waals surface area contributed by atoms with Crippen LogP contribution in [0, 0.1) is 41.7 Å². The van der Waals surface area contributed by atoms with Crippen molar-refractivity contribution >= 4 is 8.03 Å². The first kappa shape index (κ1) is 10.5. The topological polar surface area (TPSA) is 37.3 Å². The van der Waals surface area contributed by atoms with E-state index in [1.54, 1.807) is 6.92 Å². The van der Waals surface area contributed by atoms with Gasteiger partial charge in [0.2, 0.25) is 0 Å². The van der Waals surface area contributed by atoms with E-state index in [2.05, 4.69) is 0 Å². The Morgan fingerprint density at radius 3 is 2.00 bits per heavy atom. The summed E-state index contributed by atoms with van der Waals surface area (Å²) < 4.78 is 9.55. The Balaban J connectivity index is 0. The molecule has 0 aromatic carbocycles. The molecule has 0 spiro atoms. The first-order valence-electron chi connectivity index (χ1n) is 1.49. The molecule has 1 atom stereocenters. The summed E-state index contributed by atoms with van der Waals surface area (Å²) in [6, 6.07) is 0. The van der Waals surface area contributed by atoms with Crippen molar-refractivity contribution in [1.82, 2.24) is 0 Å². The van der Waals surface area contributed by atoms with Gasteiger partial charge in [-0.15, -0.1) is 0 Å². The average Bonchev–Trinajstić information content (AvgIpc) is 1.38. The summed E-state index contributed by atoms with van der Waals surface area (Å²) in [5, 5.41) is 0. The van der Waals surface area contributed by atoms with Crippen molar-refractivity contribution in [2.45, 2.75) is 6.92 Å². The van der Waals surface area contributed by atoms with Crippen LogP contribution in [0.25, 0.3) is 0 Å². The first-order chi connectivity index (χ1) is 2.27. The van der Waals surface area contributed by atoms with Crippen molar-refractivity contribution < 1.29 is 51.2 Å². The molecule has 0 aromatic heterocycles. The molecule has 0 radical (unpaired) electrons. The fourth-order valence-corrected chi connectivity index (χ4v) is 0.